The Labute approximate surface area is 106 Å². The Morgan fingerprint density at radius 3 is 2.33 bits per heavy atom. The van der Waals surface area contributed by atoms with E-state index in [1.54, 1.807) is 6.20 Å². The molecule has 0 aliphatic carbocycles. The highest BCUT2D eigenvalue weighted by Gasteiger charge is 2.04. The van der Waals surface area contributed by atoms with Gasteiger partial charge in [-0.3, -0.25) is 16.7 Å². The molecule has 0 saturated carbocycles. The fourth-order valence-electron chi connectivity index (χ4n) is 0.996. The van der Waals surface area contributed by atoms with Gasteiger partial charge in [0.2, 0.25) is 5.82 Å². The van der Waals surface area contributed by atoms with Gasteiger partial charge in [-0.15, -0.1) is 10.2 Å². The number of nitrogens with zero attached hydrogens (tertiary/aromatic N) is 4. The lowest BCUT2D eigenvalue weighted by atomic mass is 10.2. The summed E-state index contributed by atoms with van der Waals surface area (Å²) in [5.74, 6) is 8.58. The van der Waals surface area contributed by atoms with Gasteiger partial charge in [0.05, 0.1) is 0 Å². The van der Waals surface area contributed by atoms with Crippen molar-refractivity contribution >= 4 is 0 Å². The van der Waals surface area contributed by atoms with Crippen molar-refractivity contribution in [2.24, 2.45) is 11.7 Å². The van der Waals surface area contributed by atoms with E-state index < -0.39 is 0 Å². The van der Waals surface area contributed by atoms with Gasteiger partial charge in [-0.2, -0.15) is 5.21 Å². The number of aryl methyl sites for hydroxylation is 1. The first-order valence-electron chi connectivity index (χ1n) is 5.35. The molecule has 7 nitrogen and oxygen atoms in total. The highest BCUT2D eigenvalue weighted by atomic mass is 15.5. The van der Waals surface area contributed by atoms with Crippen LogP contribution < -0.4 is 11.7 Å². The minimum Gasteiger partial charge on any atom is -0.274 e. The number of nitrogens with one attached hydrogen (secondary N) is 1. The standard InChI is InChI=1S/C7H7N5.C4H8.H4N2/c1-5-6(3-2-4-8-5)7-9-11-12-10-7;1-3-4-2;1-2/h2-4H,1H3,(H,9,10,11,12);3-4H,1-2H3;1-2H2/b;4-3-;. The lowest BCUT2D eigenvalue weighted by Gasteiger charge is -1.96. The van der Waals surface area contributed by atoms with Gasteiger partial charge in [0.15, 0.2) is 0 Å². The number of allylic oxidation sites excluding steroid dienone is 2. The first-order chi connectivity index (χ1) is 8.79. The van der Waals surface area contributed by atoms with Crippen molar-refractivity contribution in [1.29, 1.82) is 0 Å². The highest BCUT2D eigenvalue weighted by molar-refractivity contribution is 5.56. The predicted molar refractivity (Wildman–Crippen MR) is 71.0 cm³/mol. The fraction of sp³-hybridized carbons (Fsp3) is 0.273. The van der Waals surface area contributed by atoms with Crippen LogP contribution in [-0.4, -0.2) is 25.6 Å². The van der Waals surface area contributed by atoms with Gasteiger partial charge in [-0.05, 0) is 38.1 Å². The SMILES string of the molecule is C/C=C\C.Cc1ncccc1-c1nn[nH]n1.NN. The van der Waals surface area contributed by atoms with Gasteiger partial charge in [0.25, 0.3) is 0 Å². The van der Waals surface area contributed by atoms with E-state index in [2.05, 4.69) is 37.3 Å². The topological polar surface area (TPSA) is 119 Å². The van der Waals surface area contributed by atoms with Gasteiger partial charge in [-0.25, -0.2) is 0 Å². The number of aromatic nitrogens is 5. The van der Waals surface area contributed by atoms with Crippen LogP contribution in [0.4, 0.5) is 0 Å². The van der Waals surface area contributed by atoms with Gasteiger partial charge in [-0.1, -0.05) is 12.2 Å². The Morgan fingerprint density at radius 1 is 1.22 bits per heavy atom. The van der Waals surface area contributed by atoms with Gasteiger partial charge >= 0.3 is 0 Å². The molecule has 5 N–H and O–H groups in total. The van der Waals surface area contributed by atoms with E-state index >= 15 is 0 Å². The van der Waals surface area contributed by atoms with Crippen LogP contribution in [0, 0.1) is 6.92 Å². The summed E-state index contributed by atoms with van der Waals surface area (Å²) in [7, 11) is 0. The number of hydrogen-bond donors (Lipinski definition) is 3. The quantitative estimate of drug-likeness (QED) is 0.393. The van der Waals surface area contributed by atoms with E-state index in [9.17, 15) is 0 Å². The normalized spacial score (nSPS) is 9.17. The molecular weight excluding hydrogens is 230 g/mol. The third-order valence-corrected chi connectivity index (χ3v) is 1.93. The van der Waals surface area contributed by atoms with E-state index in [4.69, 9.17) is 0 Å². The second-order valence-electron chi connectivity index (χ2n) is 3.04. The van der Waals surface area contributed by atoms with Crippen LogP contribution in [0.2, 0.25) is 0 Å². The molecule has 2 rings (SSSR count). The minimum absolute atomic E-state index is 0.584. The molecular formula is C11H19N7. The van der Waals surface area contributed by atoms with Crippen LogP contribution in [0.25, 0.3) is 11.4 Å². The summed E-state index contributed by atoms with van der Waals surface area (Å²) in [6, 6.07) is 3.76. The van der Waals surface area contributed by atoms with Crippen molar-refractivity contribution in [3.8, 4) is 11.4 Å². The minimum atomic E-state index is 0.584. The molecule has 2 aromatic rings. The summed E-state index contributed by atoms with van der Waals surface area (Å²) in [6.45, 7) is 5.91. The molecule has 0 saturated heterocycles. The molecule has 0 aliphatic heterocycles. The third-order valence-electron chi connectivity index (χ3n) is 1.93. The first kappa shape index (κ1) is 15.9. The monoisotopic (exact) mass is 249 g/mol. The Morgan fingerprint density at radius 2 is 1.89 bits per heavy atom. The maximum Gasteiger partial charge on any atom is 0.206 e. The van der Waals surface area contributed by atoms with Gasteiger partial charge in [0, 0.05) is 17.5 Å². The second-order valence-corrected chi connectivity index (χ2v) is 3.04. The molecule has 7 heteroatoms. The zero-order valence-corrected chi connectivity index (χ0v) is 10.8. The molecule has 0 amide bonds. The zero-order chi connectivity index (χ0) is 13.8. The van der Waals surface area contributed by atoms with Crippen molar-refractivity contribution in [2.75, 3.05) is 0 Å². The van der Waals surface area contributed by atoms with E-state index in [1.165, 1.54) is 0 Å². The molecule has 98 valence electrons. The molecule has 0 aliphatic rings. The number of aromatic amines is 1. The average Bonchev–Trinajstić information content (AvgIpc) is 2.96. The largest absolute Gasteiger partial charge is 0.274 e. The number of H-pyrrole nitrogens is 1. The summed E-state index contributed by atoms with van der Waals surface area (Å²) in [5, 5.41) is 13.6. The third kappa shape index (κ3) is 5.28. The Balaban J connectivity index is 0.000000415. The van der Waals surface area contributed by atoms with E-state index in [-0.39, 0.29) is 0 Å². The fourth-order valence-corrected chi connectivity index (χ4v) is 0.996. The van der Waals surface area contributed by atoms with E-state index in [0.29, 0.717) is 5.82 Å². The van der Waals surface area contributed by atoms with Crippen LogP contribution in [0.1, 0.15) is 19.5 Å². The van der Waals surface area contributed by atoms with Gasteiger partial charge < -0.3 is 0 Å². The lowest BCUT2D eigenvalue weighted by Crippen LogP contribution is -2.02. The van der Waals surface area contributed by atoms with Crippen molar-refractivity contribution in [1.82, 2.24) is 25.6 Å². The number of pyridine rings is 1. The molecule has 0 aromatic carbocycles. The summed E-state index contributed by atoms with van der Waals surface area (Å²) < 4.78 is 0. The summed E-state index contributed by atoms with van der Waals surface area (Å²) >= 11 is 0. The number of nitrogens with two attached hydrogens (primary N) is 2. The van der Waals surface area contributed by atoms with Gasteiger partial charge in [0.1, 0.15) is 0 Å². The maximum absolute atomic E-state index is 4.11. The summed E-state index contributed by atoms with van der Waals surface area (Å²) in [5.41, 5.74) is 1.81. The van der Waals surface area contributed by atoms with E-state index in [1.807, 2.05) is 45.1 Å². The predicted octanol–water partition coefficient (Wildman–Crippen LogP) is 0.971. The molecule has 0 atom stereocenters. The molecule has 0 fully saturated rings. The highest BCUT2D eigenvalue weighted by Crippen LogP contribution is 2.14. The van der Waals surface area contributed by atoms with Crippen molar-refractivity contribution in [3.63, 3.8) is 0 Å². The van der Waals surface area contributed by atoms with Crippen molar-refractivity contribution < 1.29 is 0 Å². The molecule has 0 radical (unpaired) electrons. The van der Waals surface area contributed by atoms with E-state index in [0.717, 1.165) is 11.3 Å². The van der Waals surface area contributed by atoms with Crippen LogP contribution in [0.15, 0.2) is 30.5 Å². The first-order valence-corrected chi connectivity index (χ1v) is 5.35. The number of hydrazine groups is 1. The van der Waals surface area contributed by atoms with Crippen LogP contribution in [-0.2, 0) is 0 Å². The Bertz CT molecular complexity index is 432. The maximum atomic E-state index is 4.11. The average molecular weight is 249 g/mol. The number of hydrogen-bond acceptors (Lipinski definition) is 6. The molecule has 2 heterocycles. The number of rotatable bonds is 1. The van der Waals surface area contributed by atoms with Crippen molar-refractivity contribution in [2.45, 2.75) is 20.8 Å². The molecule has 0 spiro atoms. The Kier molecular flexibility index (Phi) is 8.88. The van der Waals surface area contributed by atoms with Crippen LogP contribution in [0.5, 0.6) is 0 Å². The smallest absolute Gasteiger partial charge is 0.206 e. The molecule has 0 bridgehead atoms. The van der Waals surface area contributed by atoms with Crippen molar-refractivity contribution in [3.05, 3.63) is 36.2 Å². The molecule has 18 heavy (non-hydrogen) atoms. The lowest BCUT2D eigenvalue weighted by molar-refractivity contribution is 0.881. The summed E-state index contributed by atoms with van der Waals surface area (Å²) in [4.78, 5) is 4.11. The van der Waals surface area contributed by atoms with Crippen LogP contribution >= 0.6 is 0 Å². The summed E-state index contributed by atoms with van der Waals surface area (Å²) in [6.07, 6.45) is 5.74. The van der Waals surface area contributed by atoms with Crippen LogP contribution in [0.3, 0.4) is 0 Å². The molecule has 2 aromatic heterocycles. The zero-order valence-electron chi connectivity index (χ0n) is 10.8. The Hall–Kier alpha value is -2.12. The second kappa shape index (κ2) is 10.1. The molecule has 0 unspecified atom stereocenters. The number of tetrazole rings is 1.